The van der Waals surface area contributed by atoms with Gasteiger partial charge < -0.3 is 24.5 Å². The van der Waals surface area contributed by atoms with E-state index in [1.165, 1.54) is 18.7 Å². The van der Waals surface area contributed by atoms with Gasteiger partial charge in [0.25, 0.3) is 11.8 Å². The van der Waals surface area contributed by atoms with E-state index in [1.807, 2.05) is 40.9 Å². The topological polar surface area (TPSA) is 109 Å². The van der Waals surface area contributed by atoms with Crippen molar-refractivity contribution < 1.29 is 19.5 Å². The molecule has 0 atom stereocenters. The van der Waals surface area contributed by atoms with Gasteiger partial charge in [0, 0.05) is 50.8 Å². The van der Waals surface area contributed by atoms with Crippen LogP contribution in [0.3, 0.4) is 0 Å². The van der Waals surface area contributed by atoms with E-state index < -0.39 is 6.09 Å². The van der Waals surface area contributed by atoms with E-state index in [4.69, 9.17) is 5.11 Å². The SMILES string of the molecule is Cn1cc(NC(=O)O)cc1C(=O)Nc1ccc(-c2cc(C(=O)N3CCCCC3)n(C)c2)cc1. The molecule has 0 spiro atoms. The Morgan fingerprint density at radius 3 is 2.12 bits per heavy atom. The van der Waals surface area contributed by atoms with Gasteiger partial charge >= 0.3 is 6.09 Å². The molecule has 4 rings (SSSR count). The number of piperidine rings is 1. The molecule has 1 aromatic carbocycles. The number of benzene rings is 1. The number of carbonyl (C=O) groups excluding carboxylic acids is 2. The van der Waals surface area contributed by atoms with Gasteiger partial charge in [-0.1, -0.05) is 12.1 Å². The monoisotopic (exact) mass is 449 g/mol. The number of aryl methyl sites for hydroxylation is 2. The van der Waals surface area contributed by atoms with Gasteiger partial charge in [-0.2, -0.15) is 0 Å². The summed E-state index contributed by atoms with van der Waals surface area (Å²) in [5.41, 5.74) is 3.80. The summed E-state index contributed by atoms with van der Waals surface area (Å²) in [6.45, 7) is 1.62. The van der Waals surface area contributed by atoms with Gasteiger partial charge in [0.15, 0.2) is 0 Å². The van der Waals surface area contributed by atoms with Crippen molar-refractivity contribution in [2.24, 2.45) is 14.1 Å². The van der Waals surface area contributed by atoms with Crippen LogP contribution < -0.4 is 10.6 Å². The molecule has 0 bridgehead atoms. The second-order valence-electron chi connectivity index (χ2n) is 8.26. The summed E-state index contributed by atoms with van der Waals surface area (Å²) in [4.78, 5) is 38.2. The Hall–Kier alpha value is -4.01. The number of nitrogens with one attached hydrogen (secondary N) is 2. The molecule has 3 amide bonds. The Balaban J connectivity index is 1.45. The van der Waals surface area contributed by atoms with Crippen LogP contribution in [0.25, 0.3) is 11.1 Å². The average molecular weight is 450 g/mol. The van der Waals surface area contributed by atoms with Crippen molar-refractivity contribution in [1.82, 2.24) is 14.0 Å². The van der Waals surface area contributed by atoms with Crippen LogP contribution in [0.5, 0.6) is 0 Å². The summed E-state index contributed by atoms with van der Waals surface area (Å²) in [6.07, 6.45) is 5.56. The van der Waals surface area contributed by atoms with E-state index in [0.717, 1.165) is 37.1 Å². The molecule has 1 fully saturated rings. The number of amides is 3. The molecular formula is C24H27N5O4. The molecule has 172 valence electrons. The maximum Gasteiger partial charge on any atom is 0.409 e. The van der Waals surface area contributed by atoms with Crippen molar-refractivity contribution in [2.75, 3.05) is 23.7 Å². The third-order valence-corrected chi connectivity index (χ3v) is 5.83. The molecule has 0 saturated carbocycles. The van der Waals surface area contributed by atoms with Crippen LogP contribution in [0, 0.1) is 0 Å². The average Bonchev–Trinajstić information content (AvgIpc) is 3.36. The van der Waals surface area contributed by atoms with E-state index in [-0.39, 0.29) is 11.8 Å². The largest absolute Gasteiger partial charge is 0.465 e. The molecule has 9 heteroatoms. The fraction of sp³-hybridized carbons (Fsp3) is 0.292. The zero-order valence-electron chi connectivity index (χ0n) is 18.7. The summed E-state index contributed by atoms with van der Waals surface area (Å²) in [5.74, 6) is -0.288. The van der Waals surface area contributed by atoms with Gasteiger partial charge in [0.2, 0.25) is 0 Å². The lowest BCUT2D eigenvalue weighted by molar-refractivity contribution is 0.0714. The first-order chi connectivity index (χ1) is 15.8. The first-order valence-electron chi connectivity index (χ1n) is 10.9. The van der Waals surface area contributed by atoms with Crippen molar-refractivity contribution in [3.05, 3.63) is 60.2 Å². The smallest absolute Gasteiger partial charge is 0.409 e. The van der Waals surface area contributed by atoms with Crippen molar-refractivity contribution >= 4 is 29.3 Å². The van der Waals surface area contributed by atoms with Crippen molar-refractivity contribution in [3.8, 4) is 11.1 Å². The number of hydrogen-bond donors (Lipinski definition) is 3. The quantitative estimate of drug-likeness (QED) is 0.547. The maximum atomic E-state index is 12.9. The molecule has 3 aromatic rings. The van der Waals surface area contributed by atoms with Crippen molar-refractivity contribution in [3.63, 3.8) is 0 Å². The number of carboxylic acid groups (broad SMARTS) is 1. The van der Waals surface area contributed by atoms with Crippen LogP contribution in [0.15, 0.2) is 48.8 Å². The predicted molar refractivity (Wildman–Crippen MR) is 126 cm³/mol. The summed E-state index contributed by atoms with van der Waals surface area (Å²) < 4.78 is 3.42. The molecule has 0 unspecified atom stereocenters. The predicted octanol–water partition coefficient (Wildman–Crippen LogP) is 4.00. The Morgan fingerprint density at radius 2 is 1.45 bits per heavy atom. The van der Waals surface area contributed by atoms with Crippen molar-refractivity contribution in [2.45, 2.75) is 19.3 Å². The molecule has 0 aliphatic carbocycles. The minimum absolute atomic E-state index is 0.0617. The van der Waals surface area contributed by atoms with E-state index in [9.17, 15) is 14.4 Å². The fourth-order valence-corrected chi connectivity index (χ4v) is 4.12. The highest BCUT2D eigenvalue weighted by atomic mass is 16.4. The lowest BCUT2D eigenvalue weighted by Crippen LogP contribution is -2.36. The second-order valence-corrected chi connectivity index (χ2v) is 8.26. The molecule has 1 aliphatic rings. The summed E-state index contributed by atoms with van der Waals surface area (Å²) in [7, 11) is 3.55. The zero-order valence-corrected chi connectivity index (χ0v) is 18.7. The van der Waals surface area contributed by atoms with Gasteiger partial charge in [-0.05, 0) is 49.1 Å². The molecule has 3 heterocycles. The van der Waals surface area contributed by atoms with Crippen LogP contribution in [0.4, 0.5) is 16.2 Å². The van der Waals surface area contributed by atoms with E-state index in [0.29, 0.717) is 22.8 Å². The van der Waals surface area contributed by atoms with Crippen LogP contribution >= 0.6 is 0 Å². The second kappa shape index (κ2) is 9.23. The molecular weight excluding hydrogens is 422 g/mol. The minimum atomic E-state index is -1.19. The Labute approximate surface area is 191 Å². The van der Waals surface area contributed by atoms with Crippen LogP contribution in [0.2, 0.25) is 0 Å². The lowest BCUT2D eigenvalue weighted by atomic mass is 10.1. The number of aromatic nitrogens is 2. The highest BCUT2D eigenvalue weighted by Crippen LogP contribution is 2.25. The summed E-state index contributed by atoms with van der Waals surface area (Å²) >= 11 is 0. The molecule has 1 aliphatic heterocycles. The standard InChI is InChI=1S/C24H27N5O4/c1-27-14-17(12-21(27)23(31)29-10-4-3-5-11-29)16-6-8-18(9-7-16)25-22(30)20-13-19(15-28(20)2)26-24(32)33/h6-9,12-15,26H,3-5,10-11H2,1-2H3,(H,25,30)(H,32,33). The van der Waals surface area contributed by atoms with Crippen LogP contribution in [-0.4, -0.2) is 50.1 Å². The summed E-state index contributed by atoms with van der Waals surface area (Å²) in [5, 5.41) is 13.9. The number of rotatable bonds is 5. The van der Waals surface area contributed by atoms with Gasteiger partial charge in [-0.15, -0.1) is 0 Å². The van der Waals surface area contributed by atoms with E-state index in [2.05, 4.69) is 10.6 Å². The normalized spacial score (nSPS) is 13.6. The Bertz CT molecular complexity index is 1190. The van der Waals surface area contributed by atoms with Gasteiger partial charge in [-0.25, -0.2) is 4.79 Å². The molecule has 9 nitrogen and oxygen atoms in total. The summed E-state index contributed by atoms with van der Waals surface area (Å²) in [6, 6.07) is 10.8. The van der Waals surface area contributed by atoms with Gasteiger partial charge in [0.1, 0.15) is 11.4 Å². The number of carbonyl (C=O) groups is 3. The van der Waals surface area contributed by atoms with E-state index >= 15 is 0 Å². The fourth-order valence-electron chi connectivity index (χ4n) is 4.12. The highest BCUT2D eigenvalue weighted by molar-refractivity contribution is 6.04. The molecule has 3 N–H and O–H groups in total. The highest BCUT2D eigenvalue weighted by Gasteiger charge is 2.21. The van der Waals surface area contributed by atoms with Crippen LogP contribution in [0.1, 0.15) is 40.2 Å². The number of nitrogens with zero attached hydrogens (tertiary/aromatic N) is 3. The Morgan fingerprint density at radius 1 is 0.788 bits per heavy atom. The zero-order chi connectivity index (χ0) is 23.5. The van der Waals surface area contributed by atoms with Gasteiger partial charge in [0.05, 0.1) is 5.69 Å². The molecule has 33 heavy (non-hydrogen) atoms. The first kappa shape index (κ1) is 22.2. The third-order valence-electron chi connectivity index (χ3n) is 5.83. The lowest BCUT2D eigenvalue weighted by Gasteiger charge is -2.26. The van der Waals surface area contributed by atoms with E-state index in [1.54, 1.807) is 23.7 Å². The van der Waals surface area contributed by atoms with Crippen LogP contribution in [-0.2, 0) is 14.1 Å². The van der Waals surface area contributed by atoms with Gasteiger partial charge in [-0.3, -0.25) is 14.9 Å². The Kier molecular flexibility index (Phi) is 6.21. The minimum Gasteiger partial charge on any atom is -0.465 e. The molecule has 1 saturated heterocycles. The number of hydrogen-bond acceptors (Lipinski definition) is 3. The molecule has 0 radical (unpaired) electrons. The molecule has 2 aromatic heterocycles. The third kappa shape index (κ3) is 4.92. The first-order valence-corrected chi connectivity index (χ1v) is 10.9. The number of likely N-dealkylation sites (tertiary alicyclic amines) is 1. The van der Waals surface area contributed by atoms with Crippen molar-refractivity contribution in [1.29, 1.82) is 0 Å². The maximum absolute atomic E-state index is 12.9. The number of anilines is 2.